The lowest BCUT2D eigenvalue weighted by atomic mass is 10.1. The topological polar surface area (TPSA) is 18.5 Å². The molecule has 0 aromatic rings. The van der Waals surface area contributed by atoms with E-state index in [1.807, 2.05) is 0 Å². The van der Waals surface area contributed by atoms with Crippen LogP contribution in [0.15, 0.2) is 0 Å². The van der Waals surface area contributed by atoms with Crippen LogP contribution >= 0.6 is 0 Å². The molecule has 0 aromatic heterocycles. The van der Waals surface area contributed by atoms with E-state index in [0.717, 1.165) is 5.92 Å². The molecule has 3 nitrogen and oxygen atoms in total. The lowest BCUT2D eigenvalue weighted by Gasteiger charge is -2.19. The predicted octanol–water partition coefficient (Wildman–Crippen LogP) is 1.01. The summed E-state index contributed by atoms with van der Waals surface area (Å²) in [6.07, 6.45) is 5.61. The van der Waals surface area contributed by atoms with Crippen molar-refractivity contribution in [2.24, 2.45) is 5.92 Å². The Bertz CT molecular complexity index is 190. The fourth-order valence-electron chi connectivity index (χ4n) is 3.10. The molecule has 0 aromatic carbocycles. The van der Waals surface area contributed by atoms with E-state index in [9.17, 15) is 0 Å². The van der Waals surface area contributed by atoms with Crippen molar-refractivity contribution in [3.8, 4) is 0 Å². The van der Waals surface area contributed by atoms with E-state index in [2.05, 4.69) is 22.2 Å². The van der Waals surface area contributed by atoms with Crippen molar-refractivity contribution in [1.29, 1.82) is 0 Å². The van der Waals surface area contributed by atoms with Crippen molar-refractivity contribution in [1.82, 2.24) is 15.1 Å². The fraction of sp³-hybridized carbons (Fsp3) is 1.00. The smallest absolute Gasteiger partial charge is 0.00223 e. The number of hydrogen-bond donors (Lipinski definition) is 1. The number of hydrogen-bond acceptors (Lipinski definition) is 3. The molecule has 16 heavy (non-hydrogen) atoms. The summed E-state index contributed by atoms with van der Waals surface area (Å²) in [5.41, 5.74) is 0. The average molecular weight is 225 g/mol. The SMILES string of the molecule is CNCC1CCN(CCCN2CCCC2)C1. The van der Waals surface area contributed by atoms with E-state index in [1.54, 1.807) is 0 Å². The van der Waals surface area contributed by atoms with Gasteiger partial charge in [0.15, 0.2) is 0 Å². The zero-order valence-corrected chi connectivity index (χ0v) is 10.7. The summed E-state index contributed by atoms with van der Waals surface area (Å²) in [6.45, 7) is 9.18. The van der Waals surface area contributed by atoms with Gasteiger partial charge < -0.3 is 15.1 Å². The molecule has 1 atom stereocenters. The Labute approximate surface area is 100 Å². The Kier molecular flexibility index (Phi) is 5.07. The van der Waals surface area contributed by atoms with Gasteiger partial charge in [0.2, 0.25) is 0 Å². The lowest BCUT2D eigenvalue weighted by Crippen LogP contribution is -2.28. The maximum absolute atomic E-state index is 3.30. The first-order valence-corrected chi connectivity index (χ1v) is 6.98. The first kappa shape index (κ1) is 12.3. The highest BCUT2D eigenvalue weighted by molar-refractivity contribution is 4.77. The number of nitrogens with zero attached hydrogens (tertiary/aromatic N) is 2. The summed E-state index contributed by atoms with van der Waals surface area (Å²) >= 11 is 0. The maximum atomic E-state index is 3.30. The third kappa shape index (κ3) is 3.72. The minimum absolute atomic E-state index is 0.900. The van der Waals surface area contributed by atoms with Gasteiger partial charge in [0, 0.05) is 6.54 Å². The zero-order chi connectivity index (χ0) is 11.2. The lowest BCUT2D eigenvalue weighted by molar-refractivity contribution is 0.274. The molecule has 0 spiro atoms. The molecule has 0 saturated carbocycles. The third-order valence-corrected chi connectivity index (χ3v) is 4.01. The summed E-state index contributed by atoms with van der Waals surface area (Å²) in [7, 11) is 2.07. The van der Waals surface area contributed by atoms with Gasteiger partial charge in [-0.15, -0.1) is 0 Å². The van der Waals surface area contributed by atoms with Crippen molar-refractivity contribution in [3.63, 3.8) is 0 Å². The Hall–Kier alpha value is -0.120. The molecular weight excluding hydrogens is 198 g/mol. The van der Waals surface area contributed by atoms with Crippen molar-refractivity contribution < 1.29 is 0 Å². The number of likely N-dealkylation sites (tertiary alicyclic amines) is 2. The van der Waals surface area contributed by atoms with Crippen LogP contribution in [0.5, 0.6) is 0 Å². The first-order valence-electron chi connectivity index (χ1n) is 6.98. The Balaban J connectivity index is 1.53. The molecule has 2 heterocycles. The van der Waals surface area contributed by atoms with Crippen molar-refractivity contribution in [2.75, 3.05) is 52.9 Å². The van der Waals surface area contributed by atoms with E-state index >= 15 is 0 Å². The van der Waals surface area contributed by atoms with E-state index in [0.29, 0.717) is 0 Å². The van der Waals surface area contributed by atoms with Crippen LogP contribution in [0.3, 0.4) is 0 Å². The molecule has 2 aliphatic rings. The minimum atomic E-state index is 0.900. The van der Waals surface area contributed by atoms with Crippen LogP contribution in [0.1, 0.15) is 25.7 Å². The normalized spacial score (nSPS) is 27.9. The summed E-state index contributed by atoms with van der Waals surface area (Å²) in [5.74, 6) is 0.900. The average Bonchev–Trinajstić information content (AvgIpc) is 2.90. The summed E-state index contributed by atoms with van der Waals surface area (Å²) in [4.78, 5) is 5.28. The highest BCUT2D eigenvalue weighted by atomic mass is 15.2. The molecule has 2 fully saturated rings. The summed E-state index contributed by atoms with van der Waals surface area (Å²) in [6, 6.07) is 0. The van der Waals surface area contributed by atoms with Gasteiger partial charge in [-0.25, -0.2) is 0 Å². The third-order valence-electron chi connectivity index (χ3n) is 4.01. The Morgan fingerprint density at radius 2 is 1.81 bits per heavy atom. The predicted molar refractivity (Wildman–Crippen MR) is 68.8 cm³/mol. The van der Waals surface area contributed by atoms with E-state index in [1.165, 1.54) is 71.5 Å². The van der Waals surface area contributed by atoms with Gasteiger partial charge in [0.1, 0.15) is 0 Å². The van der Waals surface area contributed by atoms with Crippen LogP contribution < -0.4 is 5.32 Å². The van der Waals surface area contributed by atoms with Gasteiger partial charge in [-0.1, -0.05) is 0 Å². The number of rotatable bonds is 6. The summed E-state index contributed by atoms with van der Waals surface area (Å²) < 4.78 is 0. The van der Waals surface area contributed by atoms with Gasteiger partial charge in [-0.3, -0.25) is 0 Å². The molecule has 2 rings (SSSR count). The van der Waals surface area contributed by atoms with Crippen LogP contribution in [0.4, 0.5) is 0 Å². The highest BCUT2D eigenvalue weighted by Gasteiger charge is 2.21. The molecular formula is C13H27N3. The van der Waals surface area contributed by atoms with Gasteiger partial charge in [-0.05, 0) is 77.9 Å². The molecule has 0 bridgehead atoms. The monoisotopic (exact) mass is 225 g/mol. The van der Waals surface area contributed by atoms with Gasteiger partial charge in [0.05, 0.1) is 0 Å². The van der Waals surface area contributed by atoms with Crippen LogP contribution in [0, 0.1) is 5.92 Å². The molecule has 1 unspecified atom stereocenters. The second-order valence-electron chi connectivity index (χ2n) is 5.42. The first-order chi connectivity index (χ1) is 7.88. The standard InChI is InChI=1S/C13H27N3/c1-14-11-13-5-10-16(12-13)9-4-8-15-6-2-3-7-15/h13-14H,2-12H2,1H3. The van der Waals surface area contributed by atoms with E-state index in [-0.39, 0.29) is 0 Å². The molecule has 0 radical (unpaired) electrons. The summed E-state index contributed by atoms with van der Waals surface area (Å²) in [5, 5.41) is 3.30. The molecule has 0 aliphatic carbocycles. The molecule has 1 N–H and O–H groups in total. The molecule has 2 aliphatic heterocycles. The zero-order valence-electron chi connectivity index (χ0n) is 10.7. The molecule has 0 amide bonds. The quantitative estimate of drug-likeness (QED) is 0.728. The van der Waals surface area contributed by atoms with E-state index in [4.69, 9.17) is 0 Å². The Morgan fingerprint density at radius 3 is 2.56 bits per heavy atom. The fourth-order valence-corrected chi connectivity index (χ4v) is 3.10. The maximum Gasteiger partial charge on any atom is 0.00223 e. The van der Waals surface area contributed by atoms with Crippen LogP contribution in [0.25, 0.3) is 0 Å². The molecule has 3 heteroatoms. The molecule has 94 valence electrons. The van der Waals surface area contributed by atoms with Crippen LogP contribution in [0.2, 0.25) is 0 Å². The second kappa shape index (κ2) is 6.58. The van der Waals surface area contributed by atoms with Crippen molar-refractivity contribution in [2.45, 2.75) is 25.7 Å². The van der Waals surface area contributed by atoms with Gasteiger partial charge >= 0.3 is 0 Å². The van der Waals surface area contributed by atoms with Gasteiger partial charge in [0.25, 0.3) is 0 Å². The molecule has 2 saturated heterocycles. The number of nitrogens with one attached hydrogen (secondary N) is 1. The Morgan fingerprint density at radius 1 is 1.06 bits per heavy atom. The van der Waals surface area contributed by atoms with Gasteiger partial charge in [-0.2, -0.15) is 0 Å². The van der Waals surface area contributed by atoms with Crippen molar-refractivity contribution in [3.05, 3.63) is 0 Å². The largest absolute Gasteiger partial charge is 0.319 e. The van der Waals surface area contributed by atoms with Crippen LogP contribution in [-0.2, 0) is 0 Å². The van der Waals surface area contributed by atoms with Crippen LogP contribution in [-0.4, -0.2) is 62.7 Å². The van der Waals surface area contributed by atoms with Crippen molar-refractivity contribution >= 4 is 0 Å². The van der Waals surface area contributed by atoms with E-state index < -0.39 is 0 Å². The highest BCUT2D eigenvalue weighted by Crippen LogP contribution is 2.15. The second-order valence-corrected chi connectivity index (χ2v) is 5.42. The minimum Gasteiger partial charge on any atom is -0.319 e.